The zero-order valence-corrected chi connectivity index (χ0v) is 12.1. The Balaban J connectivity index is 2.38. The van der Waals surface area contributed by atoms with Crippen LogP contribution in [0.3, 0.4) is 0 Å². The van der Waals surface area contributed by atoms with E-state index < -0.39 is 0 Å². The number of hydrogen-bond donors (Lipinski definition) is 3. The van der Waals surface area contributed by atoms with Crippen molar-refractivity contribution in [2.45, 2.75) is 0 Å². The van der Waals surface area contributed by atoms with Crippen molar-refractivity contribution in [1.29, 1.82) is 0 Å². The first-order chi connectivity index (χ1) is 9.67. The van der Waals surface area contributed by atoms with E-state index in [1.165, 1.54) is 6.33 Å². The van der Waals surface area contributed by atoms with E-state index >= 15 is 0 Å². The molecule has 6 nitrogen and oxygen atoms in total. The van der Waals surface area contributed by atoms with Crippen molar-refractivity contribution in [1.82, 2.24) is 15.2 Å². The number of aromatic nitrogens is 3. The zero-order chi connectivity index (χ0) is 14.5. The normalized spacial score (nSPS) is 10.8. The number of benzene rings is 1. The van der Waals surface area contributed by atoms with Gasteiger partial charge in [0.25, 0.3) is 0 Å². The number of rotatable bonds is 6. The number of aromatic amines is 1. The van der Waals surface area contributed by atoms with Crippen molar-refractivity contribution < 1.29 is 10.2 Å². The fourth-order valence-electron chi connectivity index (χ4n) is 1.91. The molecule has 0 aliphatic rings. The lowest BCUT2D eigenvalue weighted by Gasteiger charge is -2.24. The first-order valence-corrected chi connectivity index (χ1v) is 6.74. The third-order valence-corrected chi connectivity index (χ3v) is 3.38. The van der Waals surface area contributed by atoms with Gasteiger partial charge in [-0.1, -0.05) is 23.2 Å². The lowest BCUT2D eigenvalue weighted by molar-refractivity contribution is 0.281. The van der Waals surface area contributed by atoms with Crippen LogP contribution in [-0.4, -0.2) is 51.7 Å². The molecule has 8 heteroatoms. The molecule has 1 aromatic carbocycles. The van der Waals surface area contributed by atoms with Gasteiger partial charge in [-0.3, -0.25) is 5.10 Å². The predicted molar refractivity (Wildman–Crippen MR) is 78.2 cm³/mol. The van der Waals surface area contributed by atoms with Crippen molar-refractivity contribution in [3.63, 3.8) is 0 Å². The quantitative estimate of drug-likeness (QED) is 0.753. The number of nitrogens with zero attached hydrogens (tertiary/aromatic N) is 3. The Bertz CT molecular complexity index is 534. The van der Waals surface area contributed by atoms with Gasteiger partial charge in [-0.25, -0.2) is 4.98 Å². The minimum atomic E-state index is -0.0287. The maximum Gasteiger partial charge on any atom is 0.158 e. The van der Waals surface area contributed by atoms with E-state index in [0.29, 0.717) is 34.5 Å². The molecular weight excluding hydrogens is 303 g/mol. The van der Waals surface area contributed by atoms with Gasteiger partial charge < -0.3 is 15.1 Å². The Kier molecular flexibility index (Phi) is 5.19. The van der Waals surface area contributed by atoms with E-state index in [0.717, 1.165) is 5.69 Å². The van der Waals surface area contributed by atoms with Crippen LogP contribution in [0.15, 0.2) is 18.5 Å². The van der Waals surface area contributed by atoms with Crippen molar-refractivity contribution in [2.75, 3.05) is 31.2 Å². The molecular formula is C12H14Cl2N4O2. The van der Waals surface area contributed by atoms with E-state index in [9.17, 15) is 0 Å². The van der Waals surface area contributed by atoms with Gasteiger partial charge in [0.2, 0.25) is 0 Å². The Hall–Kier alpha value is -1.34. The van der Waals surface area contributed by atoms with Gasteiger partial charge in [0.05, 0.1) is 28.8 Å². The average Bonchev–Trinajstić information content (AvgIpc) is 2.91. The maximum atomic E-state index is 9.06. The molecule has 0 atom stereocenters. The molecule has 20 heavy (non-hydrogen) atoms. The molecule has 0 saturated heterocycles. The van der Waals surface area contributed by atoms with Crippen LogP contribution in [0.5, 0.6) is 0 Å². The van der Waals surface area contributed by atoms with E-state index in [2.05, 4.69) is 15.2 Å². The predicted octanol–water partition coefficient (Wildman–Crippen LogP) is 1.57. The van der Waals surface area contributed by atoms with Crippen LogP contribution in [0.25, 0.3) is 11.4 Å². The molecule has 2 aromatic rings. The molecule has 0 aliphatic carbocycles. The third kappa shape index (κ3) is 3.21. The molecule has 0 saturated carbocycles. The summed E-state index contributed by atoms with van der Waals surface area (Å²) in [4.78, 5) is 5.82. The lowest BCUT2D eigenvalue weighted by Crippen LogP contribution is -2.29. The van der Waals surface area contributed by atoms with Crippen LogP contribution < -0.4 is 4.90 Å². The summed E-state index contributed by atoms with van der Waals surface area (Å²) in [5.74, 6) is 0.488. The summed E-state index contributed by atoms with van der Waals surface area (Å²) >= 11 is 12.5. The standard InChI is InChI=1S/C12H14Cl2N4O2/c13-9-5-8(18(1-3-19)2-4-20)6-10(14)11(9)12-15-7-16-17-12/h5-7,19-20H,1-4H2,(H,15,16,17). The number of aliphatic hydroxyl groups excluding tert-OH is 2. The number of aliphatic hydroxyl groups is 2. The van der Waals surface area contributed by atoms with Crippen LogP contribution in [0.2, 0.25) is 10.0 Å². The second kappa shape index (κ2) is 6.90. The van der Waals surface area contributed by atoms with Crippen molar-refractivity contribution in [2.24, 2.45) is 0 Å². The third-order valence-electron chi connectivity index (χ3n) is 2.78. The van der Waals surface area contributed by atoms with E-state index in [1.54, 1.807) is 17.0 Å². The van der Waals surface area contributed by atoms with Gasteiger partial charge in [0, 0.05) is 18.8 Å². The number of nitrogens with one attached hydrogen (secondary N) is 1. The minimum absolute atomic E-state index is 0.0287. The SMILES string of the molecule is OCCN(CCO)c1cc(Cl)c(-c2ncn[nH]2)c(Cl)c1. The highest BCUT2D eigenvalue weighted by atomic mass is 35.5. The van der Waals surface area contributed by atoms with Crippen molar-refractivity contribution in [3.05, 3.63) is 28.5 Å². The van der Waals surface area contributed by atoms with Crippen molar-refractivity contribution >= 4 is 28.9 Å². The smallest absolute Gasteiger partial charge is 0.158 e. The summed E-state index contributed by atoms with van der Waals surface area (Å²) in [5, 5.41) is 25.4. The fraction of sp³-hybridized carbons (Fsp3) is 0.333. The highest BCUT2D eigenvalue weighted by Crippen LogP contribution is 2.36. The molecule has 3 N–H and O–H groups in total. The zero-order valence-electron chi connectivity index (χ0n) is 10.6. The second-order valence-corrected chi connectivity index (χ2v) is 4.87. The average molecular weight is 317 g/mol. The van der Waals surface area contributed by atoms with Crippen LogP contribution in [0.4, 0.5) is 5.69 Å². The van der Waals surface area contributed by atoms with Crippen molar-refractivity contribution in [3.8, 4) is 11.4 Å². The molecule has 0 amide bonds. The lowest BCUT2D eigenvalue weighted by atomic mass is 10.1. The van der Waals surface area contributed by atoms with E-state index in [4.69, 9.17) is 33.4 Å². The van der Waals surface area contributed by atoms with Crippen LogP contribution in [0.1, 0.15) is 0 Å². The maximum absolute atomic E-state index is 9.06. The number of H-pyrrole nitrogens is 1. The first-order valence-electron chi connectivity index (χ1n) is 5.98. The van der Waals surface area contributed by atoms with Gasteiger partial charge in [-0.05, 0) is 12.1 Å². The molecule has 0 spiro atoms. The molecule has 2 rings (SSSR count). The molecule has 108 valence electrons. The number of hydrogen-bond acceptors (Lipinski definition) is 5. The summed E-state index contributed by atoms with van der Waals surface area (Å²) in [6, 6.07) is 3.44. The van der Waals surface area contributed by atoms with Gasteiger partial charge in [-0.15, -0.1) is 0 Å². The summed E-state index contributed by atoms with van der Waals surface area (Å²) < 4.78 is 0. The Morgan fingerprint density at radius 2 is 1.70 bits per heavy atom. The molecule has 0 unspecified atom stereocenters. The van der Waals surface area contributed by atoms with Crippen LogP contribution in [0, 0.1) is 0 Å². The second-order valence-electron chi connectivity index (χ2n) is 4.05. The Morgan fingerprint density at radius 3 is 2.15 bits per heavy atom. The molecule has 1 heterocycles. The monoisotopic (exact) mass is 316 g/mol. The molecule has 0 radical (unpaired) electrons. The first kappa shape index (κ1) is 15.1. The van der Waals surface area contributed by atoms with Gasteiger partial charge in [0.1, 0.15) is 6.33 Å². The van der Waals surface area contributed by atoms with Gasteiger partial charge in [0.15, 0.2) is 5.82 Å². The van der Waals surface area contributed by atoms with E-state index in [1.807, 2.05) is 0 Å². The highest BCUT2D eigenvalue weighted by molar-refractivity contribution is 6.39. The Morgan fingerprint density at radius 1 is 1.10 bits per heavy atom. The summed E-state index contributed by atoms with van der Waals surface area (Å²) in [6.07, 6.45) is 1.37. The van der Waals surface area contributed by atoms with Crippen LogP contribution >= 0.6 is 23.2 Å². The largest absolute Gasteiger partial charge is 0.395 e. The number of anilines is 1. The highest BCUT2D eigenvalue weighted by Gasteiger charge is 2.15. The summed E-state index contributed by atoms with van der Waals surface area (Å²) in [5.41, 5.74) is 1.30. The topological polar surface area (TPSA) is 85.3 Å². The summed E-state index contributed by atoms with van der Waals surface area (Å²) in [7, 11) is 0. The van der Waals surface area contributed by atoms with Gasteiger partial charge >= 0.3 is 0 Å². The Labute approximate surface area is 126 Å². The molecule has 0 fully saturated rings. The van der Waals surface area contributed by atoms with E-state index in [-0.39, 0.29) is 13.2 Å². The van der Waals surface area contributed by atoms with Gasteiger partial charge in [-0.2, -0.15) is 5.10 Å². The molecule has 0 aliphatic heterocycles. The van der Waals surface area contributed by atoms with Crippen LogP contribution in [-0.2, 0) is 0 Å². The number of halogens is 2. The fourth-order valence-corrected chi connectivity index (χ4v) is 2.56. The summed E-state index contributed by atoms with van der Waals surface area (Å²) in [6.45, 7) is 0.710. The molecule has 1 aromatic heterocycles. The minimum Gasteiger partial charge on any atom is -0.395 e. The molecule has 0 bridgehead atoms.